The monoisotopic (exact) mass is 405 g/mol. The lowest BCUT2D eigenvalue weighted by molar-refractivity contribution is -0.118. The molecule has 158 valence electrons. The largest absolute Gasteiger partial charge is 0.339 e. The van der Waals surface area contributed by atoms with Crippen molar-refractivity contribution in [2.45, 2.75) is 45.7 Å². The van der Waals surface area contributed by atoms with E-state index in [0.717, 1.165) is 45.4 Å². The van der Waals surface area contributed by atoms with E-state index in [1.54, 1.807) is 6.07 Å². The molecule has 2 aliphatic rings. The van der Waals surface area contributed by atoms with E-state index in [0.29, 0.717) is 17.3 Å². The van der Waals surface area contributed by atoms with Gasteiger partial charge in [-0.2, -0.15) is 0 Å². The second-order valence-electron chi connectivity index (χ2n) is 8.74. The zero-order valence-corrected chi connectivity index (χ0v) is 17.9. The first-order chi connectivity index (χ1) is 14.5. The van der Waals surface area contributed by atoms with Gasteiger partial charge in [0.2, 0.25) is 5.91 Å². The molecule has 0 aromatic heterocycles. The maximum absolute atomic E-state index is 13.0. The Kier molecular flexibility index (Phi) is 6.18. The van der Waals surface area contributed by atoms with Gasteiger partial charge in [0, 0.05) is 49.4 Å². The first kappa shape index (κ1) is 20.6. The van der Waals surface area contributed by atoms with E-state index < -0.39 is 0 Å². The number of rotatable bonds is 4. The highest BCUT2D eigenvalue weighted by atomic mass is 16.2. The van der Waals surface area contributed by atoms with Gasteiger partial charge in [-0.15, -0.1) is 0 Å². The van der Waals surface area contributed by atoms with Gasteiger partial charge in [0.25, 0.3) is 5.91 Å². The fourth-order valence-corrected chi connectivity index (χ4v) is 4.46. The third-order valence-electron chi connectivity index (χ3n) is 6.33. The molecule has 2 heterocycles. The number of piperidine rings is 1. The van der Waals surface area contributed by atoms with Crippen LogP contribution in [0.3, 0.4) is 0 Å². The number of likely N-dealkylation sites (tertiary alicyclic amines) is 1. The summed E-state index contributed by atoms with van der Waals surface area (Å²) >= 11 is 0. The van der Waals surface area contributed by atoms with Crippen LogP contribution < -0.4 is 5.32 Å². The average Bonchev–Trinajstić information content (AvgIpc) is 2.78. The predicted octanol–water partition coefficient (Wildman–Crippen LogP) is 3.94. The number of nitrogens with zero attached hydrogens (tertiary/aromatic N) is 2. The van der Waals surface area contributed by atoms with Crippen LogP contribution in [0.2, 0.25) is 0 Å². The predicted molar refractivity (Wildman–Crippen MR) is 119 cm³/mol. The minimum absolute atomic E-state index is 0.0384. The second kappa shape index (κ2) is 9.00. The molecule has 5 nitrogen and oxygen atoms in total. The number of amides is 2. The van der Waals surface area contributed by atoms with Crippen molar-refractivity contribution in [2.75, 3.05) is 25.0 Å². The zero-order chi connectivity index (χ0) is 21.1. The molecular formula is C25H31N3O2. The van der Waals surface area contributed by atoms with Gasteiger partial charge < -0.3 is 10.2 Å². The van der Waals surface area contributed by atoms with E-state index in [1.165, 1.54) is 11.1 Å². The Balaban J connectivity index is 1.34. The van der Waals surface area contributed by atoms with Crippen LogP contribution in [0.4, 0.5) is 5.69 Å². The SMILES string of the molecule is CC(C)C(=O)Nc1cccc(C(=O)N2CCC(N3CCc4ccccc4C3)CC2)c1. The van der Waals surface area contributed by atoms with Crippen molar-refractivity contribution in [2.24, 2.45) is 5.92 Å². The molecule has 0 bridgehead atoms. The summed E-state index contributed by atoms with van der Waals surface area (Å²) < 4.78 is 0. The van der Waals surface area contributed by atoms with Crippen molar-refractivity contribution in [3.05, 3.63) is 65.2 Å². The fourth-order valence-electron chi connectivity index (χ4n) is 4.46. The summed E-state index contributed by atoms with van der Waals surface area (Å²) in [6, 6.07) is 16.6. The van der Waals surface area contributed by atoms with Gasteiger partial charge in [-0.25, -0.2) is 0 Å². The summed E-state index contributed by atoms with van der Waals surface area (Å²) in [7, 11) is 0. The Morgan fingerprint density at radius 1 is 0.967 bits per heavy atom. The van der Waals surface area contributed by atoms with Crippen LogP contribution in [0, 0.1) is 5.92 Å². The van der Waals surface area contributed by atoms with E-state index in [9.17, 15) is 9.59 Å². The molecule has 2 aliphatic heterocycles. The molecule has 0 aliphatic carbocycles. The Morgan fingerprint density at radius 3 is 2.43 bits per heavy atom. The summed E-state index contributed by atoms with van der Waals surface area (Å²) in [4.78, 5) is 29.5. The minimum Gasteiger partial charge on any atom is -0.339 e. The lowest BCUT2D eigenvalue weighted by atomic mass is 9.95. The summed E-state index contributed by atoms with van der Waals surface area (Å²) in [5, 5.41) is 2.88. The van der Waals surface area contributed by atoms with E-state index in [-0.39, 0.29) is 17.7 Å². The van der Waals surface area contributed by atoms with Crippen molar-refractivity contribution < 1.29 is 9.59 Å². The first-order valence-electron chi connectivity index (χ1n) is 11.0. The normalized spacial score (nSPS) is 17.6. The second-order valence-corrected chi connectivity index (χ2v) is 8.74. The quantitative estimate of drug-likeness (QED) is 0.838. The molecule has 4 rings (SSSR count). The lowest BCUT2D eigenvalue weighted by Crippen LogP contribution is -2.48. The molecular weight excluding hydrogens is 374 g/mol. The van der Waals surface area contributed by atoms with Crippen LogP contribution in [0.5, 0.6) is 0 Å². The average molecular weight is 406 g/mol. The topological polar surface area (TPSA) is 52.7 Å². The molecule has 0 atom stereocenters. The summed E-state index contributed by atoms with van der Waals surface area (Å²) in [5.74, 6) is -0.0771. The Bertz CT molecular complexity index is 916. The first-order valence-corrected chi connectivity index (χ1v) is 11.0. The molecule has 5 heteroatoms. The molecule has 0 saturated carbocycles. The maximum atomic E-state index is 13.0. The van der Waals surface area contributed by atoms with Crippen molar-refractivity contribution in [3.8, 4) is 0 Å². The van der Waals surface area contributed by atoms with Crippen molar-refractivity contribution in [1.82, 2.24) is 9.80 Å². The third kappa shape index (κ3) is 4.57. The highest BCUT2D eigenvalue weighted by Crippen LogP contribution is 2.25. The van der Waals surface area contributed by atoms with E-state index >= 15 is 0 Å². The highest BCUT2D eigenvalue weighted by Gasteiger charge is 2.29. The third-order valence-corrected chi connectivity index (χ3v) is 6.33. The number of carbonyl (C=O) groups is 2. The number of carbonyl (C=O) groups excluding carboxylic acids is 2. The maximum Gasteiger partial charge on any atom is 0.253 e. The van der Waals surface area contributed by atoms with Crippen molar-refractivity contribution in [3.63, 3.8) is 0 Å². The van der Waals surface area contributed by atoms with Crippen molar-refractivity contribution in [1.29, 1.82) is 0 Å². The minimum atomic E-state index is -0.0925. The van der Waals surface area contributed by atoms with Crippen LogP contribution in [0.1, 0.15) is 48.2 Å². The number of fused-ring (bicyclic) bond motifs is 1. The van der Waals surface area contributed by atoms with Crippen LogP contribution in [0.25, 0.3) is 0 Å². The smallest absolute Gasteiger partial charge is 0.253 e. The fraction of sp³-hybridized carbons (Fsp3) is 0.440. The van der Waals surface area contributed by atoms with Gasteiger partial charge in [0.15, 0.2) is 0 Å². The van der Waals surface area contributed by atoms with E-state index in [4.69, 9.17) is 0 Å². The molecule has 1 fully saturated rings. The molecule has 30 heavy (non-hydrogen) atoms. The zero-order valence-electron chi connectivity index (χ0n) is 17.9. The Labute approximate surface area is 179 Å². The summed E-state index contributed by atoms with van der Waals surface area (Å²) in [6.07, 6.45) is 3.14. The van der Waals surface area contributed by atoms with Gasteiger partial charge in [0.1, 0.15) is 0 Å². The van der Waals surface area contributed by atoms with Gasteiger partial charge in [0.05, 0.1) is 0 Å². The number of hydrogen-bond acceptors (Lipinski definition) is 3. The Hall–Kier alpha value is -2.66. The standard InChI is InChI=1S/C25H31N3O2/c1-18(2)24(29)26-22-9-5-8-20(16-22)25(30)27-14-11-23(12-15-27)28-13-10-19-6-3-4-7-21(19)17-28/h3-9,16,18,23H,10-15,17H2,1-2H3,(H,26,29). The van der Waals surface area contributed by atoms with Crippen LogP contribution in [-0.4, -0.2) is 47.3 Å². The van der Waals surface area contributed by atoms with Crippen LogP contribution in [-0.2, 0) is 17.8 Å². The summed E-state index contributed by atoms with van der Waals surface area (Å²) in [5.41, 5.74) is 4.25. The molecule has 1 saturated heterocycles. The number of benzene rings is 2. The number of hydrogen-bond donors (Lipinski definition) is 1. The van der Waals surface area contributed by atoms with E-state index in [1.807, 2.05) is 36.9 Å². The molecule has 1 N–H and O–H groups in total. The molecule has 2 aromatic rings. The molecule has 0 spiro atoms. The van der Waals surface area contributed by atoms with Crippen molar-refractivity contribution >= 4 is 17.5 Å². The van der Waals surface area contributed by atoms with E-state index in [2.05, 4.69) is 34.5 Å². The highest BCUT2D eigenvalue weighted by molar-refractivity contribution is 5.97. The van der Waals surface area contributed by atoms with Crippen LogP contribution >= 0.6 is 0 Å². The number of nitrogens with one attached hydrogen (secondary N) is 1. The number of anilines is 1. The molecule has 0 radical (unpaired) electrons. The molecule has 2 aromatic carbocycles. The van der Waals surface area contributed by atoms with Gasteiger partial charge in [-0.3, -0.25) is 14.5 Å². The van der Waals surface area contributed by atoms with Crippen LogP contribution in [0.15, 0.2) is 48.5 Å². The van der Waals surface area contributed by atoms with Gasteiger partial charge in [-0.1, -0.05) is 44.2 Å². The summed E-state index contributed by atoms with van der Waals surface area (Å²) in [6.45, 7) is 7.40. The molecule has 0 unspecified atom stereocenters. The molecule has 2 amide bonds. The lowest BCUT2D eigenvalue weighted by Gasteiger charge is -2.40. The Morgan fingerprint density at radius 2 is 1.70 bits per heavy atom. The van der Waals surface area contributed by atoms with Gasteiger partial charge >= 0.3 is 0 Å². The van der Waals surface area contributed by atoms with Gasteiger partial charge in [-0.05, 0) is 48.6 Å².